The molecule has 2 aromatic carbocycles. The van der Waals surface area contributed by atoms with Gasteiger partial charge in [0.1, 0.15) is 23.3 Å². The van der Waals surface area contributed by atoms with Crippen LogP contribution in [0.2, 0.25) is 5.02 Å². The van der Waals surface area contributed by atoms with Gasteiger partial charge in [0.2, 0.25) is 5.91 Å². The van der Waals surface area contributed by atoms with Crippen molar-refractivity contribution in [2.75, 3.05) is 5.32 Å². The Morgan fingerprint density at radius 3 is 2.43 bits per heavy atom. The minimum absolute atomic E-state index is 0.0360. The number of carbonyl (C=O) groups is 2. The summed E-state index contributed by atoms with van der Waals surface area (Å²) in [5, 5.41) is 3.12. The molecule has 1 atom stereocenters. The van der Waals surface area contributed by atoms with Gasteiger partial charge in [-0.2, -0.15) is 0 Å². The molecule has 1 amide bonds. The number of rotatable bonds is 7. The third-order valence-electron chi connectivity index (χ3n) is 4.11. The summed E-state index contributed by atoms with van der Waals surface area (Å²) in [6, 6.07) is 11.5. The molecule has 3 rings (SSSR count). The molecule has 3 aromatic rings. The number of benzene rings is 2. The van der Waals surface area contributed by atoms with Crippen molar-refractivity contribution in [1.29, 1.82) is 0 Å². The number of anilines is 1. The maximum absolute atomic E-state index is 13.9. The van der Waals surface area contributed by atoms with Crippen LogP contribution in [0.1, 0.15) is 24.3 Å². The zero-order valence-electron chi connectivity index (χ0n) is 16.1. The Labute approximate surface area is 177 Å². The molecular formula is C21H18ClFN4O3. The normalized spacial score (nSPS) is 11.6. The maximum Gasteiger partial charge on any atom is 0.239 e. The molecule has 0 bridgehead atoms. The molecule has 0 spiro atoms. The zero-order chi connectivity index (χ0) is 21.8. The molecule has 0 saturated carbocycles. The van der Waals surface area contributed by atoms with Crippen LogP contribution >= 0.6 is 11.6 Å². The molecule has 1 aromatic heterocycles. The average molecular weight is 429 g/mol. The Bertz CT molecular complexity index is 1110. The first-order valence-electron chi connectivity index (χ1n) is 8.92. The molecule has 0 radical (unpaired) electrons. The van der Waals surface area contributed by atoms with Gasteiger partial charge in [-0.3, -0.25) is 9.59 Å². The highest BCUT2D eigenvalue weighted by atomic mass is 35.5. The number of nitrogens with one attached hydrogen (secondary N) is 1. The van der Waals surface area contributed by atoms with E-state index in [-0.39, 0.29) is 28.1 Å². The van der Waals surface area contributed by atoms with Crippen LogP contribution in [-0.4, -0.2) is 27.7 Å². The molecule has 3 N–H and O–H groups in total. The predicted molar refractivity (Wildman–Crippen MR) is 111 cm³/mol. The molecule has 1 heterocycles. The Hall–Kier alpha value is -3.52. The minimum atomic E-state index is -0.683. The second-order valence-corrected chi connectivity index (χ2v) is 6.92. The van der Waals surface area contributed by atoms with Crippen LogP contribution < -0.4 is 15.8 Å². The largest absolute Gasteiger partial charge is 0.454 e. The lowest BCUT2D eigenvalue weighted by molar-refractivity contribution is -0.118. The number of hydrogen-bond acceptors (Lipinski definition) is 6. The van der Waals surface area contributed by atoms with Crippen LogP contribution in [0, 0.1) is 5.82 Å². The van der Waals surface area contributed by atoms with Crippen molar-refractivity contribution in [1.82, 2.24) is 9.97 Å². The Balaban J connectivity index is 1.88. The summed E-state index contributed by atoms with van der Waals surface area (Å²) in [7, 11) is 0. The number of ether oxygens (including phenoxy) is 1. The number of nitrogens with two attached hydrogens (primary N) is 1. The third kappa shape index (κ3) is 5.09. The van der Waals surface area contributed by atoms with Crippen molar-refractivity contribution in [3.05, 3.63) is 65.1 Å². The van der Waals surface area contributed by atoms with Crippen molar-refractivity contribution in [3.63, 3.8) is 0 Å². The summed E-state index contributed by atoms with van der Waals surface area (Å²) in [4.78, 5) is 31.8. The van der Waals surface area contributed by atoms with Gasteiger partial charge in [0.25, 0.3) is 0 Å². The number of nitrogens with zero attached hydrogens (tertiary/aromatic N) is 2. The summed E-state index contributed by atoms with van der Waals surface area (Å²) in [5.74, 6) is -0.408. The van der Waals surface area contributed by atoms with E-state index in [2.05, 4.69) is 15.3 Å². The van der Waals surface area contributed by atoms with Gasteiger partial charge >= 0.3 is 0 Å². The van der Waals surface area contributed by atoms with Crippen molar-refractivity contribution in [2.24, 2.45) is 5.73 Å². The van der Waals surface area contributed by atoms with Gasteiger partial charge in [0.15, 0.2) is 23.2 Å². The van der Waals surface area contributed by atoms with Crippen LogP contribution in [-0.2, 0) is 4.79 Å². The van der Waals surface area contributed by atoms with E-state index in [1.54, 1.807) is 31.2 Å². The zero-order valence-corrected chi connectivity index (χ0v) is 16.9. The molecule has 154 valence electrons. The maximum atomic E-state index is 13.9. The first kappa shape index (κ1) is 21.2. The molecule has 9 heteroatoms. The Morgan fingerprint density at radius 2 is 1.83 bits per heavy atom. The molecule has 0 fully saturated rings. The number of carbonyl (C=O) groups excluding carboxylic acids is 2. The summed E-state index contributed by atoms with van der Waals surface area (Å²) in [6.45, 7) is 2.96. The Kier molecular flexibility index (Phi) is 6.27. The molecule has 0 aliphatic carbocycles. The van der Waals surface area contributed by atoms with E-state index in [0.717, 1.165) is 6.07 Å². The van der Waals surface area contributed by atoms with E-state index in [4.69, 9.17) is 22.1 Å². The first-order valence-corrected chi connectivity index (χ1v) is 9.30. The predicted octanol–water partition coefficient (Wildman–Crippen LogP) is 4.22. The van der Waals surface area contributed by atoms with E-state index in [1.807, 2.05) is 0 Å². The van der Waals surface area contributed by atoms with E-state index >= 15 is 0 Å². The molecular weight excluding hydrogens is 411 g/mol. The highest BCUT2D eigenvalue weighted by molar-refractivity contribution is 6.30. The van der Waals surface area contributed by atoms with E-state index < -0.39 is 17.8 Å². The third-order valence-corrected chi connectivity index (χ3v) is 4.35. The number of aromatic nitrogens is 2. The fraction of sp³-hybridized carbons (Fsp3) is 0.143. The highest BCUT2D eigenvalue weighted by Gasteiger charge is 2.14. The number of ketones is 1. The fourth-order valence-electron chi connectivity index (χ4n) is 2.48. The van der Waals surface area contributed by atoms with Crippen molar-refractivity contribution in [2.45, 2.75) is 19.9 Å². The smallest absolute Gasteiger partial charge is 0.239 e. The van der Waals surface area contributed by atoms with Gasteiger partial charge < -0.3 is 15.8 Å². The number of halogens is 2. The number of Topliss-reactive ketones (excluding diaryl/α,β-unsaturated/α-hetero) is 1. The van der Waals surface area contributed by atoms with Gasteiger partial charge in [-0.25, -0.2) is 14.4 Å². The molecule has 0 aliphatic rings. The van der Waals surface area contributed by atoms with Gasteiger partial charge in [0.05, 0.1) is 0 Å². The minimum Gasteiger partial charge on any atom is -0.454 e. The molecule has 0 aliphatic heterocycles. The number of primary amides is 1. The number of hydrogen-bond donors (Lipinski definition) is 2. The highest BCUT2D eigenvalue weighted by Crippen LogP contribution is 2.28. The van der Waals surface area contributed by atoms with Crippen molar-refractivity contribution >= 4 is 29.1 Å². The standard InChI is InChI=1S/C21H18ClFN4O3/c1-11(20(24)29)25-19-10-17(12(2)28)26-21(27-19)13-3-6-15(7-4-13)30-18-8-5-14(22)9-16(18)23/h3-11H,1-2H3,(H2,24,29)(H,25,26,27)/t11-/m0/s1. The number of amides is 1. The molecule has 7 nitrogen and oxygen atoms in total. The average Bonchev–Trinajstić information content (AvgIpc) is 2.70. The van der Waals surface area contributed by atoms with Crippen LogP contribution in [0.25, 0.3) is 11.4 Å². The molecule has 0 unspecified atom stereocenters. The lowest BCUT2D eigenvalue weighted by atomic mass is 10.2. The Morgan fingerprint density at radius 1 is 1.13 bits per heavy atom. The first-order chi connectivity index (χ1) is 14.2. The van der Waals surface area contributed by atoms with Gasteiger partial charge in [-0.05, 0) is 49.4 Å². The van der Waals surface area contributed by atoms with Gasteiger partial charge in [-0.15, -0.1) is 0 Å². The SMILES string of the molecule is CC(=O)c1cc(N[C@@H](C)C(N)=O)nc(-c2ccc(Oc3ccc(Cl)cc3F)cc2)n1. The summed E-state index contributed by atoms with van der Waals surface area (Å²) < 4.78 is 19.4. The van der Waals surface area contributed by atoms with Crippen LogP contribution in [0.5, 0.6) is 11.5 Å². The van der Waals surface area contributed by atoms with Gasteiger partial charge in [-0.1, -0.05) is 11.6 Å². The van der Waals surface area contributed by atoms with Gasteiger partial charge in [0, 0.05) is 23.6 Å². The van der Waals surface area contributed by atoms with E-state index in [0.29, 0.717) is 17.1 Å². The lowest BCUT2D eigenvalue weighted by Crippen LogP contribution is -2.32. The van der Waals surface area contributed by atoms with Crippen LogP contribution in [0.3, 0.4) is 0 Å². The topological polar surface area (TPSA) is 107 Å². The quantitative estimate of drug-likeness (QED) is 0.545. The molecule has 30 heavy (non-hydrogen) atoms. The summed E-state index contributed by atoms with van der Waals surface area (Å²) >= 11 is 5.74. The van der Waals surface area contributed by atoms with Crippen molar-refractivity contribution < 1.29 is 18.7 Å². The lowest BCUT2D eigenvalue weighted by Gasteiger charge is -2.13. The second-order valence-electron chi connectivity index (χ2n) is 6.49. The monoisotopic (exact) mass is 428 g/mol. The fourth-order valence-corrected chi connectivity index (χ4v) is 2.64. The van der Waals surface area contributed by atoms with E-state index in [9.17, 15) is 14.0 Å². The van der Waals surface area contributed by atoms with Crippen LogP contribution in [0.15, 0.2) is 48.5 Å². The second kappa shape index (κ2) is 8.87. The van der Waals surface area contributed by atoms with Crippen LogP contribution in [0.4, 0.5) is 10.2 Å². The summed E-state index contributed by atoms with van der Waals surface area (Å²) in [5.41, 5.74) is 6.05. The molecule has 0 saturated heterocycles. The van der Waals surface area contributed by atoms with Crippen molar-refractivity contribution in [3.8, 4) is 22.9 Å². The summed E-state index contributed by atoms with van der Waals surface area (Å²) in [6.07, 6.45) is 0. The van der Waals surface area contributed by atoms with E-state index in [1.165, 1.54) is 25.1 Å².